The van der Waals surface area contributed by atoms with E-state index in [1.54, 1.807) is 5.71 Å². The fourth-order valence-corrected chi connectivity index (χ4v) is 0.954. The molecule has 0 aromatic carbocycles. The van der Waals surface area contributed by atoms with Crippen molar-refractivity contribution >= 4 is 5.71 Å². The van der Waals surface area contributed by atoms with E-state index in [9.17, 15) is 0 Å². The van der Waals surface area contributed by atoms with Crippen molar-refractivity contribution < 1.29 is 4.58 Å². The minimum absolute atomic E-state index is 1.27. The van der Waals surface area contributed by atoms with Crippen molar-refractivity contribution in [2.45, 2.75) is 19.8 Å². The lowest BCUT2D eigenvalue weighted by Gasteiger charge is -1.83. The molecule has 0 radical (unpaired) electrons. The van der Waals surface area contributed by atoms with Crippen LogP contribution in [-0.4, -0.2) is 23.9 Å². The van der Waals surface area contributed by atoms with Gasteiger partial charge in [0.15, 0.2) is 0 Å². The number of hydrogen-bond acceptors (Lipinski definition) is 0. The van der Waals surface area contributed by atoms with Crippen LogP contribution in [0, 0.1) is 0 Å². The lowest BCUT2D eigenvalue weighted by Crippen LogP contribution is -2.04. The summed E-state index contributed by atoms with van der Waals surface area (Å²) in [5, 5.41) is 0. The van der Waals surface area contributed by atoms with Gasteiger partial charge in [-0.05, 0) is 0 Å². The Morgan fingerprint density at radius 3 is 2.43 bits per heavy atom. The summed E-state index contributed by atoms with van der Waals surface area (Å²) in [6.45, 7) is 3.47. The molecule has 0 fully saturated rings. The quantitative estimate of drug-likeness (QED) is 0.396. The van der Waals surface area contributed by atoms with Crippen molar-refractivity contribution in [3.8, 4) is 0 Å². The van der Waals surface area contributed by atoms with E-state index in [-0.39, 0.29) is 0 Å². The molecule has 0 atom stereocenters. The molecule has 1 nitrogen and oxygen atoms in total. The maximum absolute atomic E-state index is 2.32. The molecule has 0 saturated carbocycles. The van der Waals surface area contributed by atoms with E-state index in [4.69, 9.17) is 0 Å². The van der Waals surface area contributed by atoms with Gasteiger partial charge in [-0.1, -0.05) is 0 Å². The van der Waals surface area contributed by atoms with Crippen molar-refractivity contribution in [2.75, 3.05) is 13.6 Å². The van der Waals surface area contributed by atoms with Crippen LogP contribution in [0.4, 0.5) is 0 Å². The molecule has 0 saturated heterocycles. The van der Waals surface area contributed by atoms with Crippen molar-refractivity contribution in [1.29, 1.82) is 0 Å². The Morgan fingerprint density at radius 2 is 2.29 bits per heavy atom. The van der Waals surface area contributed by atoms with Gasteiger partial charge in [0.05, 0.1) is 0 Å². The van der Waals surface area contributed by atoms with Crippen LogP contribution in [0.25, 0.3) is 0 Å². The number of rotatable bonds is 0. The molecule has 0 N–H and O–H groups in total. The molecule has 1 aliphatic rings. The maximum atomic E-state index is 2.32. The number of hydrogen-bond donors (Lipinski definition) is 0. The van der Waals surface area contributed by atoms with E-state index in [1.165, 1.54) is 19.4 Å². The first-order valence-corrected chi connectivity index (χ1v) is 2.84. The molecule has 0 aromatic rings. The fraction of sp³-hybridized carbons (Fsp3) is 0.833. The second-order valence-electron chi connectivity index (χ2n) is 2.26. The minimum Gasteiger partial charge on any atom is -0.240 e. The predicted molar refractivity (Wildman–Crippen MR) is 31.0 cm³/mol. The second kappa shape index (κ2) is 1.65. The van der Waals surface area contributed by atoms with E-state index < -0.39 is 0 Å². The highest BCUT2D eigenvalue weighted by molar-refractivity contribution is 5.77. The first kappa shape index (κ1) is 4.82. The average Bonchev–Trinajstić information content (AvgIpc) is 1.91. The van der Waals surface area contributed by atoms with Crippen molar-refractivity contribution in [2.24, 2.45) is 0 Å². The Morgan fingerprint density at radius 1 is 1.57 bits per heavy atom. The third-order valence-electron chi connectivity index (χ3n) is 1.68. The molecule has 0 aliphatic carbocycles. The third-order valence-corrected chi connectivity index (χ3v) is 1.68. The Kier molecular flexibility index (Phi) is 1.13. The van der Waals surface area contributed by atoms with Gasteiger partial charge < -0.3 is 0 Å². The van der Waals surface area contributed by atoms with Gasteiger partial charge in [0, 0.05) is 19.8 Å². The smallest absolute Gasteiger partial charge is 0.149 e. The normalized spacial score (nSPS) is 21.4. The minimum atomic E-state index is 1.27. The molecule has 1 aliphatic heterocycles. The highest BCUT2D eigenvalue weighted by Gasteiger charge is 2.11. The molecule has 1 heteroatoms. The second-order valence-corrected chi connectivity index (χ2v) is 2.26. The molecule has 0 unspecified atom stereocenters. The summed E-state index contributed by atoms with van der Waals surface area (Å²) < 4.78 is 2.32. The third kappa shape index (κ3) is 0.817. The lowest BCUT2D eigenvalue weighted by molar-refractivity contribution is -0.489. The van der Waals surface area contributed by atoms with Crippen LogP contribution < -0.4 is 0 Å². The summed E-state index contributed by atoms with van der Waals surface area (Å²) in [6.07, 6.45) is 2.68. The maximum Gasteiger partial charge on any atom is 0.149 e. The van der Waals surface area contributed by atoms with Crippen LogP contribution in [0.5, 0.6) is 0 Å². The standard InChI is InChI=1S/C6H12N/c1-6-4-3-5-7(6)2/h3-5H2,1-2H3/q+1. The largest absolute Gasteiger partial charge is 0.240 e. The van der Waals surface area contributed by atoms with E-state index in [0.717, 1.165) is 0 Å². The van der Waals surface area contributed by atoms with Gasteiger partial charge in [-0.25, -0.2) is 4.58 Å². The number of nitrogens with zero attached hydrogens (tertiary/aromatic N) is 1. The van der Waals surface area contributed by atoms with Crippen LogP contribution in [-0.2, 0) is 0 Å². The molecule has 0 aromatic heterocycles. The van der Waals surface area contributed by atoms with Crippen LogP contribution in [0.2, 0.25) is 0 Å². The van der Waals surface area contributed by atoms with Gasteiger partial charge in [-0.15, -0.1) is 0 Å². The van der Waals surface area contributed by atoms with E-state index in [1.807, 2.05) is 0 Å². The summed E-state index contributed by atoms with van der Waals surface area (Å²) >= 11 is 0. The summed E-state index contributed by atoms with van der Waals surface area (Å²) in [7, 11) is 2.16. The molecular formula is C6H12N+. The van der Waals surface area contributed by atoms with Crippen LogP contribution in [0.3, 0.4) is 0 Å². The van der Waals surface area contributed by atoms with Crippen LogP contribution >= 0.6 is 0 Å². The van der Waals surface area contributed by atoms with Crippen LogP contribution in [0.15, 0.2) is 0 Å². The van der Waals surface area contributed by atoms with E-state index >= 15 is 0 Å². The van der Waals surface area contributed by atoms with Gasteiger partial charge in [0.2, 0.25) is 0 Å². The van der Waals surface area contributed by atoms with Gasteiger partial charge in [-0.3, -0.25) is 0 Å². The average molecular weight is 98.2 g/mol. The highest BCUT2D eigenvalue weighted by Crippen LogP contribution is 2.00. The molecule has 1 heterocycles. The van der Waals surface area contributed by atoms with Crippen molar-refractivity contribution in [3.05, 3.63) is 0 Å². The molecule has 40 valence electrons. The first-order chi connectivity index (χ1) is 3.30. The molecule has 1 rings (SSSR count). The monoisotopic (exact) mass is 98.1 g/mol. The van der Waals surface area contributed by atoms with E-state index in [2.05, 4.69) is 18.5 Å². The Hall–Kier alpha value is -0.330. The van der Waals surface area contributed by atoms with Gasteiger partial charge in [0.1, 0.15) is 19.3 Å². The fourth-order valence-electron chi connectivity index (χ4n) is 0.954. The zero-order chi connectivity index (χ0) is 5.28. The Bertz CT molecular complexity index is 90.7. The summed E-state index contributed by atoms with van der Waals surface area (Å²) in [5.41, 5.74) is 1.54. The molecular weight excluding hydrogens is 86.1 g/mol. The Labute approximate surface area is 44.7 Å². The topological polar surface area (TPSA) is 3.01 Å². The summed E-state index contributed by atoms with van der Waals surface area (Å²) in [5.74, 6) is 0. The summed E-state index contributed by atoms with van der Waals surface area (Å²) in [6, 6.07) is 0. The zero-order valence-corrected chi connectivity index (χ0v) is 5.07. The van der Waals surface area contributed by atoms with Gasteiger partial charge in [0.25, 0.3) is 0 Å². The molecule has 7 heavy (non-hydrogen) atoms. The van der Waals surface area contributed by atoms with E-state index in [0.29, 0.717) is 0 Å². The summed E-state index contributed by atoms with van der Waals surface area (Å²) in [4.78, 5) is 0. The van der Waals surface area contributed by atoms with Gasteiger partial charge in [-0.2, -0.15) is 0 Å². The highest BCUT2D eigenvalue weighted by atomic mass is 15.0. The molecule has 0 amide bonds. The SMILES string of the molecule is CC1=[N+](C)CCC1. The first-order valence-electron chi connectivity index (χ1n) is 2.84. The Balaban J connectivity index is 2.64. The predicted octanol–water partition coefficient (Wildman–Crippen LogP) is 0.883. The van der Waals surface area contributed by atoms with Crippen molar-refractivity contribution in [1.82, 2.24) is 0 Å². The lowest BCUT2D eigenvalue weighted by atomic mass is 10.3. The molecule has 0 bridgehead atoms. The van der Waals surface area contributed by atoms with Crippen molar-refractivity contribution in [3.63, 3.8) is 0 Å². The zero-order valence-electron chi connectivity index (χ0n) is 5.07. The van der Waals surface area contributed by atoms with Crippen LogP contribution in [0.1, 0.15) is 19.8 Å². The van der Waals surface area contributed by atoms with Gasteiger partial charge >= 0.3 is 0 Å². The molecule has 0 spiro atoms.